The Bertz CT molecular complexity index is 637. The fourth-order valence-electron chi connectivity index (χ4n) is 3.70. The highest BCUT2D eigenvalue weighted by atomic mass is 127. The van der Waals surface area contributed by atoms with Crippen LogP contribution in [0.3, 0.4) is 0 Å². The minimum atomic E-state index is -0.0321. The molecule has 164 valence electrons. The van der Waals surface area contributed by atoms with Crippen molar-refractivity contribution < 1.29 is 9.21 Å². The van der Waals surface area contributed by atoms with E-state index in [2.05, 4.69) is 40.9 Å². The Morgan fingerprint density at radius 2 is 1.79 bits per heavy atom. The molecule has 0 aliphatic carbocycles. The van der Waals surface area contributed by atoms with Gasteiger partial charge in [-0.2, -0.15) is 0 Å². The van der Waals surface area contributed by atoms with E-state index in [9.17, 15) is 4.79 Å². The average Bonchev–Trinajstić information content (AvgIpc) is 3.26. The predicted molar refractivity (Wildman–Crippen MR) is 126 cm³/mol. The summed E-state index contributed by atoms with van der Waals surface area (Å²) in [4.78, 5) is 26.3. The first-order valence-electron chi connectivity index (χ1n) is 10.4. The summed E-state index contributed by atoms with van der Waals surface area (Å²) in [6.45, 7) is 13.4. The van der Waals surface area contributed by atoms with Crippen molar-refractivity contribution in [2.45, 2.75) is 19.9 Å². The second-order valence-corrected chi connectivity index (χ2v) is 7.64. The van der Waals surface area contributed by atoms with E-state index in [0.29, 0.717) is 24.9 Å². The zero-order valence-electron chi connectivity index (χ0n) is 17.8. The van der Waals surface area contributed by atoms with E-state index in [1.165, 1.54) is 0 Å². The number of carbonyl (C=O) groups excluding carboxylic acids is 1. The van der Waals surface area contributed by atoms with Gasteiger partial charge in [0.15, 0.2) is 11.7 Å². The summed E-state index contributed by atoms with van der Waals surface area (Å²) in [7, 11) is 2.18. The quantitative estimate of drug-likeness (QED) is 0.360. The fourth-order valence-corrected chi connectivity index (χ4v) is 3.70. The van der Waals surface area contributed by atoms with E-state index in [0.717, 1.165) is 58.3 Å². The molecule has 3 heterocycles. The number of amides is 1. The van der Waals surface area contributed by atoms with Crippen molar-refractivity contribution in [3.05, 3.63) is 24.2 Å². The van der Waals surface area contributed by atoms with Gasteiger partial charge < -0.3 is 24.4 Å². The lowest BCUT2D eigenvalue weighted by Crippen LogP contribution is -2.54. The summed E-state index contributed by atoms with van der Waals surface area (Å²) < 4.78 is 5.24. The molecular weight excluding hydrogens is 483 g/mol. The zero-order valence-corrected chi connectivity index (χ0v) is 20.2. The second kappa shape index (κ2) is 11.8. The Labute approximate surface area is 191 Å². The van der Waals surface area contributed by atoms with Crippen LogP contribution in [0.2, 0.25) is 0 Å². The van der Waals surface area contributed by atoms with Crippen LogP contribution in [0.5, 0.6) is 0 Å². The Hall–Kier alpha value is -1.33. The van der Waals surface area contributed by atoms with Gasteiger partial charge in [0, 0.05) is 64.9 Å². The molecule has 1 amide bonds. The van der Waals surface area contributed by atoms with Gasteiger partial charge in [-0.3, -0.25) is 14.7 Å². The first-order valence-corrected chi connectivity index (χ1v) is 10.4. The van der Waals surface area contributed by atoms with Gasteiger partial charge in [0.1, 0.15) is 0 Å². The summed E-state index contributed by atoms with van der Waals surface area (Å²) in [5.41, 5.74) is 0. The smallest absolute Gasteiger partial charge is 0.289 e. The van der Waals surface area contributed by atoms with E-state index in [4.69, 9.17) is 9.41 Å². The number of rotatable bonds is 5. The number of nitrogens with zero attached hydrogens (tertiary/aromatic N) is 5. The number of nitrogens with one attached hydrogen (secondary N) is 1. The number of piperazine rings is 2. The van der Waals surface area contributed by atoms with Crippen LogP contribution in [-0.4, -0.2) is 110 Å². The first kappa shape index (κ1) is 23.9. The monoisotopic (exact) mass is 518 g/mol. The maximum Gasteiger partial charge on any atom is 0.289 e. The van der Waals surface area contributed by atoms with Crippen molar-refractivity contribution in [1.29, 1.82) is 0 Å². The van der Waals surface area contributed by atoms with Gasteiger partial charge in [-0.15, -0.1) is 24.0 Å². The molecular formula is C20H35IN6O2. The lowest BCUT2D eigenvalue weighted by atomic mass is 10.2. The molecule has 3 rings (SSSR count). The molecule has 2 saturated heterocycles. The second-order valence-electron chi connectivity index (χ2n) is 7.64. The molecule has 1 N–H and O–H groups in total. The van der Waals surface area contributed by atoms with Gasteiger partial charge in [0.2, 0.25) is 0 Å². The standard InChI is InChI=1S/C20H34N6O2.HI/c1-4-21-20(22-16-17(2)24-9-7-23(3)8-10-24)26-13-11-25(12-14-26)19(27)18-6-5-15-28-18;/h5-6,15,17H,4,7-14,16H2,1-3H3,(H,21,22);1H. The van der Waals surface area contributed by atoms with E-state index < -0.39 is 0 Å². The van der Waals surface area contributed by atoms with Crippen LogP contribution >= 0.6 is 24.0 Å². The molecule has 1 aromatic heterocycles. The van der Waals surface area contributed by atoms with Crippen LogP contribution < -0.4 is 5.32 Å². The predicted octanol–water partition coefficient (Wildman–Crippen LogP) is 1.26. The third kappa shape index (κ3) is 6.58. The zero-order chi connectivity index (χ0) is 19.9. The van der Waals surface area contributed by atoms with E-state index in [-0.39, 0.29) is 29.9 Å². The maximum atomic E-state index is 12.4. The van der Waals surface area contributed by atoms with Gasteiger partial charge in [0.05, 0.1) is 12.8 Å². The van der Waals surface area contributed by atoms with Crippen molar-refractivity contribution >= 4 is 35.8 Å². The summed E-state index contributed by atoms with van der Waals surface area (Å²) in [5.74, 6) is 1.33. The lowest BCUT2D eigenvalue weighted by molar-refractivity contribution is 0.0657. The highest BCUT2D eigenvalue weighted by Gasteiger charge is 2.25. The number of aliphatic imine (C=N–C) groups is 1. The molecule has 1 atom stereocenters. The number of likely N-dealkylation sites (N-methyl/N-ethyl adjacent to an activating group) is 1. The molecule has 0 spiro atoms. The molecule has 0 saturated carbocycles. The van der Waals surface area contributed by atoms with Crippen LogP contribution in [0.25, 0.3) is 0 Å². The highest BCUT2D eigenvalue weighted by Crippen LogP contribution is 2.10. The Balaban J connectivity index is 0.00000300. The van der Waals surface area contributed by atoms with Crippen LogP contribution in [0, 0.1) is 0 Å². The van der Waals surface area contributed by atoms with Crippen LogP contribution in [0.15, 0.2) is 27.8 Å². The minimum absolute atomic E-state index is 0. The van der Waals surface area contributed by atoms with Crippen molar-refractivity contribution in [2.75, 3.05) is 72.5 Å². The molecule has 2 aliphatic rings. The number of hydrogen-bond donors (Lipinski definition) is 1. The molecule has 1 unspecified atom stereocenters. The number of furan rings is 1. The van der Waals surface area contributed by atoms with Gasteiger partial charge in [0.25, 0.3) is 5.91 Å². The molecule has 1 aromatic rings. The minimum Gasteiger partial charge on any atom is -0.459 e. The lowest BCUT2D eigenvalue weighted by Gasteiger charge is -2.37. The average molecular weight is 518 g/mol. The highest BCUT2D eigenvalue weighted by molar-refractivity contribution is 14.0. The SMILES string of the molecule is CCNC(=NCC(C)N1CCN(C)CC1)N1CCN(C(=O)c2ccco2)CC1.I. The topological polar surface area (TPSA) is 67.6 Å². The number of halogens is 1. The molecule has 9 heteroatoms. The van der Waals surface area contributed by atoms with Crippen LogP contribution in [0.4, 0.5) is 0 Å². The van der Waals surface area contributed by atoms with Gasteiger partial charge in [-0.1, -0.05) is 0 Å². The van der Waals surface area contributed by atoms with Gasteiger partial charge >= 0.3 is 0 Å². The third-order valence-electron chi connectivity index (χ3n) is 5.60. The van der Waals surface area contributed by atoms with Gasteiger partial charge in [-0.25, -0.2) is 0 Å². The first-order chi connectivity index (χ1) is 13.6. The van der Waals surface area contributed by atoms with E-state index in [1.54, 1.807) is 18.4 Å². The van der Waals surface area contributed by atoms with Crippen molar-refractivity contribution in [1.82, 2.24) is 24.9 Å². The molecule has 2 aliphatic heterocycles. The van der Waals surface area contributed by atoms with Crippen molar-refractivity contribution in [3.8, 4) is 0 Å². The third-order valence-corrected chi connectivity index (χ3v) is 5.60. The Morgan fingerprint density at radius 1 is 1.14 bits per heavy atom. The number of hydrogen-bond acceptors (Lipinski definition) is 5. The summed E-state index contributed by atoms with van der Waals surface area (Å²) in [6, 6.07) is 3.91. The maximum absolute atomic E-state index is 12.4. The molecule has 0 radical (unpaired) electrons. The van der Waals surface area contributed by atoms with Crippen molar-refractivity contribution in [2.24, 2.45) is 4.99 Å². The summed E-state index contributed by atoms with van der Waals surface area (Å²) >= 11 is 0. The van der Waals surface area contributed by atoms with E-state index >= 15 is 0 Å². The van der Waals surface area contributed by atoms with Crippen LogP contribution in [0.1, 0.15) is 24.4 Å². The Morgan fingerprint density at radius 3 is 2.38 bits per heavy atom. The summed E-state index contributed by atoms with van der Waals surface area (Å²) in [5, 5.41) is 3.42. The fraction of sp³-hybridized carbons (Fsp3) is 0.700. The van der Waals surface area contributed by atoms with Gasteiger partial charge in [-0.05, 0) is 33.0 Å². The molecule has 2 fully saturated rings. The van der Waals surface area contributed by atoms with E-state index in [1.807, 2.05) is 4.90 Å². The molecule has 0 bridgehead atoms. The largest absolute Gasteiger partial charge is 0.459 e. The molecule has 29 heavy (non-hydrogen) atoms. The number of guanidine groups is 1. The normalized spacial score (nSPS) is 20.3. The Kier molecular flexibility index (Phi) is 9.70. The molecule has 8 nitrogen and oxygen atoms in total. The number of carbonyl (C=O) groups is 1. The summed E-state index contributed by atoms with van der Waals surface area (Å²) in [6.07, 6.45) is 1.54. The van der Waals surface area contributed by atoms with Crippen molar-refractivity contribution in [3.63, 3.8) is 0 Å². The van der Waals surface area contributed by atoms with Crippen LogP contribution in [-0.2, 0) is 0 Å². The molecule has 0 aromatic carbocycles.